The van der Waals surface area contributed by atoms with Gasteiger partial charge in [-0.05, 0) is 77.0 Å². The summed E-state index contributed by atoms with van der Waals surface area (Å²) in [5, 5.41) is 0. The molecule has 6 heteroatoms. The third-order valence-corrected chi connectivity index (χ3v) is 12.3. The van der Waals surface area contributed by atoms with Crippen molar-refractivity contribution in [2.45, 2.75) is 297 Å². The number of hydrogen-bond donors (Lipinski definition) is 0. The molecular formula is C59H106O6. The average molecular weight is 911 g/mol. The highest BCUT2D eigenvalue weighted by Gasteiger charge is 2.19. The van der Waals surface area contributed by atoms with E-state index in [1.54, 1.807) is 0 Å². The van der Waals surface area contributed by atoms with Crippen LogP contribution in [0.5, 0.6) is 0 Å². The molecule has 378 valence electrons. The largest absolute Gasteiger partial charge is 0.462 e. The lowest BCUT2D eigenvalue weighted by atomic mass is 10.0. The zero-order valence-corrected chi connectivity index (χ0v) is 43.3. The molecule has 0 aliphatic rings. The van der Waals surface area contributed by atoms with Crippen LogP contribution in [0.4, 0.5) is 0 Å². The fourth-order valence-electron chi connectivity index (χ4n) is 8.04. The van der Waals surface area contributed by atoms with Crippen molar-refractivity contribution in [2.24, 2.45) is 0 Å². The van der Waals surface area contributed by atoms with Crippen molar-refractivity contribution < 1.29 is 28.6 Å². The SMILES string of the molecule is CCCCCC/C=C\CCCCCCCC(=O)OC[C@H](COC(=O)CCCCCCCCCCCCCCCCCCC)OC(=O)CCC/C=C\C/C=C\C/C=C\CCCCCCCC. The van der Waals surface area contributed by atoms with Gasteiger partial charge in [0.1, 0.15) is 13.2 Å². The quantitative estimate of drug-likeness (QED) is 0.0262. The summed E-state index contributed by atoms with van der Waals surface area (Å²) in [5.74, 6) is -0.943. The molecule has 0 unspecified atom stereocenters. The van der Waals surface area contributed by atoms with E-state index in [0.29, 0.717) is 19.3 Å². The Hall–Kier alpha value is -2.63. The number of hydrogen-bond acceptors (Lipinski definition) is 6. The molecule has 0 bridgehead atoms. The van der Waals surface area contributed by atoms with Crippen LogP contribution in [-0.2, 0) is 28.6 Å². The molecule has 0 heterocycles. The molecule has 0 rings (SSSR count). The second kappa shape index (κ2) is 54.0. The highest BCUT2D eigenvalue weighted by Crippen LogP contribution is 2.16. The zero-order valence-electron chi connectivity index (χ0n) is 43.3. The molecule has 0 saturated carbocycles. The fourth-order valence-corrected chi connectivity index (χ4v) is 8.04. The highest BCUT2D eigenvalue weighted by molar-refractivity contribution is 5.71. The van der Waals surface area contributed by atoms with Crippen LogP contribution in [0, 0.1) is 0 Å². The summed E-state index contributed by atoms with van der Waals surface area (Å²) < 4.78 is 16.8. The smallest absolute Gasteiger partial charge is 0.306 e. The lowest BCUT2D eigenvalue weighted by Crippen LogP contribution is -2.30. The summed E-state index contributed by atoms with van der Waals surface area (Å²) in [6, 6.07) is 0. The van der Waals surface area contributed by atoms with Gasteiger partial charge >= 0.3 is 17.9 Å². The molecule has 0 saturated heterocycles. The van der Waals surface area contributed by atoms with Crippen molar-refractivity contribution >= 4 is 17.9 Å². The van der Waals surface area contributed by atoms with Crippen LogP contribution in [0.3, 0.4) is 0 Å². The number of rotatable bonds is 51. The molecule has 65 heavy (non-hydrogen) atoms. The van der Waals surface area contributed by atoms with Crippen molar-refractivity contribution in [1.29, 1.82) is 0 Å². The Morgan fingerprint density at radius 3 is 0.938 bits per heavy atom. The van der Waals surface area contributed by atoms with Crippen molar-refractivity contribution in [3.63, 3.8) is 0 Å². The number of carbonyl (C=O) groups is 3. The predicted molar refractivity (Wildman–Crippen MR) is 279 cm³/mol. The first kappa shape index (κ1) is 62.4. The van der Waals surface area contributed by atoms with E-state index in [1.165, 1.54) is 180 Å². The molecule has 0 aromatic carbocycles. The Balaban J connectivity index is 4.42. The third-order valence-electron chi connectivity index (χ3n) is 12.3. The van der Waals surface area contributed by atoms with Gasteiger partial charge in [0, 0.05) is 19.3 Å². The highest BCUT2D eigenvalue weighted by atomic mass is 16.6. The van der Waals surface area contributed by atoms with Gasteiger partial charge in [0.25, 0.3) is 0 Å². The van der Waals surface area contributed by atoms with Crippen LogP contribution in [0.2, 0.25) is 0 Å². The van der Waals surface area contributed by atoms with E-state index in [4.69, 9.17) is 14.2 Å². The summed E-state index contributed by atoms with van der Waals surface area (Å²) in [6.45, 7) is 6.60. The van der Waals surface area contributed by atoms with E-state index >= 15 is 0 Å². The molecule has 0 aromatic heterocycles. The van der Waals surface area contributed by atoms with Crippen LogP contribution >= 0.6 is 0 Å². The maximum atomic E-state index is 12.8. The summed E-state index contributed by atoms with van der Waals surface area (Å²) in [6.07, 6.45) is 65.3. The van der Waals surface area contributed by atoms with Crippen LogP contribution in [0.15, 0.2) is 48.6 Å². The van der Waals surface area contributed by atoms with E-state index in [9.17, 15) is 14.4 Å². The second-order valence-electron chi connectivity index (χ2n) is 18.8. The van der Waals surface area contributed by atoms with Gasteiger partial charge in [-0.2, -0.15) is 0 Å². The van der Waals surface area contributed by atoms with Crippen molar-refractivity contribution in [2.75, 3.05) is 13.2 Å². The summed E-state index contributed by atoms with van der Waals surface area (Å²) >= 11 is 0. The second-order valence-corrected chi connectivity index (χ2v) is 18.8. The van der Waals surface area contributed by atoms with Gasteiger partial charge in [-0.1, -0.05) is 243 Å². The van der Waals surface area contributed by atoms with Crippen molar-refractivity contribution in [3.05, 3.63) is 48.6 Å². The first-order chi connectivity index (χ1) is 32.0. The molecule has 0 N–H and O–H groups in total. The first-order valence-corrected chi connectivity index (χ1v) is 28.1. The molecule has 1 atom stereocenters. The minimum absolute atomic E-state index is 0.0928. The molecule has 6 nitrogen and oxygen atoms in total. The summed E-state index contributed by atoms with van der Waals surface area (Å²) in [4.78, 5) is 38.1. The predicted octanol–water partition coefficient (Wildman–Crippen LogP) is 18.7. The number of esters is 3. The van der Waals surface area contributed by atoms with Crippen LogP contribution < -0.4 is 0 Å². The van der Waals surface area contributed by atoms with E-state index in [1.807, 2.05) is 0 Å². The molecule has 0 spiro atoms. The molecule has 0 aromatic rings. The van der Waals surface area contributed by atoms with E-state index in [0.717, 1.165) is 64.2 Å². The maximum absolute atomic E-state index is 12.8. The molecule has 0 radical (unpaired) electrons. The van der Waals surface area contributed by atoms with Gasteiger partial charge in [0.05, 0.1) is 0 Å². The Bertz CT molecular complexity index is 1140. The number of ether oxygens (including phenoxy) is 3. The van der Waals surface area contributed by atoms with Gasteiger partial charge < -0.3 is 14.2 Å². The van der Waals surface area contributed by atoms with Crippen molar-refractivity contribution in [1.82, 2.24) is 0 Å². The van der Waals surface area contributed by atoms with E-state index in [-0.39, 0.29) is 37.5 Å². The minimum Gasteiger partial charge on any atom is -0.462 e. The fraction of sp³-hybridized carbons (Fsp3) is 0.814. The topological polar surface area (TPSA) is 78.9 Å². The first-order valence-electron chi connectivity index (χ1n) is 28.1. The lowest BCUT2D eigenvalue weighted by molar-refractivity contribution is -0.167. The molecular weight excluding hydrogens is 805 g/mol. The average Bonchev–Trinajstić information content (AvgIpc) is 3.30. The summed E-state index contributed by atoms with van der Waals surface area (Å²) in [5.41, 5.74) is 0. The molecule has 0 amide bonds. The zero-order chi connectivity index (χ0) is 47.2. The van der Waals surface area contributed by atoms with Gasteiger partial charge in [0.15, 0.2) is 6.10 Å². The van der Waals surface area contributed by atoms with E-state index < -0.39 is 6.10 Å². The van der Waals surface area contributed by atoms with E-state index in [2.05, 4.69) is 69.4 Å². The molecule has 0 aliphatic carbocycles. The lowest BCUT2D eigenvalue weighted by Gasteiger charge is -2.18. The van der Waals surface area contributed by atoms with Crippen LogP contribution in [0.1, 0.15) is 290 Å². The Morgan fingerprint density at radius 2 is 0.569 bits per heavy atom. The minimum atomic E-state index is -0.800. The van der Waals surface area contributed by atoms with Gasteiger partial charge in [-0.3, -0.25) is 14.4 Å². The van der Waals surface area contributed by atoms with Gasteiger partial charge in [-0.25, -0.2) is 0 Å². The summed E-state index contributed by atoms with van der Waals surface area (Å²) in [7, 11) is 0. The standard InChI is InChI=1S/C59H106O6/c1-4-7-10-13-16-19-22-25-27-29-31-34-37-40-43-46-49-52-58(61)64-55-56(54-63-57(60)51-48-45-42-39-36-33-24-21-18-15-12-9-6-3)65-59(62)53-50-47-44-41-38-35-32-30-28-26-23-20-17-14-11-8-5-2/h21,24,26,28,32,35,41,44,56H,4-20,22-23,25,27,29-31,33-34,36-40,42-43,45-55H2,1-3H3/b24-21-,28-26-,35-32-,44-41-/t56-/m1/s1. The van der Waals surface area contributed by atoms with Crippen molar-refractivity contribution in [3.8, 4) is 0 Å². The maximum Gasteiger partial charge on any atom is 0.306 e. The number of unbranched alkanes of at least 4 members (excludes halogenated alkanes) is 32. The van der Waals surface area contributed by atoms with Crippen LogP contribution in [0.25, 0.3) is 0 Å². The van der Waals surface area contributed by atoms with Gasteiger partial charge in [0.2, 0.25) is 0 Å². The molecule has 0 aliphatic heterocycles. The Kier molecular flexibility index (Phi) is 51.8. The number of allylic oxidation sites excluding steroid dienone is 8. The Labute approximate surface area is 403 Å². The van der Waals surface area contributed by atoms with Gasteiger partial charge in [-0.15, -0.1) is 0 Å². The van der Waals surface area contributed by atoms with Crippen LogP contribution in [-0.4, -0.2) is 37.2 Å². The normalized spacial score (nSPS) is 12.4. The molecule has 0 fully saturated rings. The monoisotopic (exact) mass is 911 g/mol. The third kappa shape index (κ3) is 52.2. The number of carbonyl (C=O) groups excluding carboxylic acids is 3. The Morgan fingerprint density at radius 1 is 0.308 bits per heavy atom.